The third-order valence-electron chi connectivity index (χ3n) is 5.68. The lowest BCUT2D eigenvalue weighted by atomic mass is 10.00. The van der Waals surface area contributed by atoms with E-state index in [9.17, 15) is 4.79 Å². The normalized spacial score (nSPS) is 20.6. The molecule has 0 N–H and O–H groups in total. The lowest BCUT2D eigenvalue weighted by Crippen LogP contribution is -2.46. The van der Waals surface area contributed by atoms with Crippen molar-refractivity contribution in [3.63, 3.8) is 0 Å². The second-order valence-corrected chi connectivity index (χ2v) is 7.74. The summed E-state index contributed by atoms with van der Waals surface area (Å²) >= 11 is 0. The molecule has 3 heterocycles. The van der Waals surface area contributed by atoms with Crippen LogP contribution in [0.4, 0.5) is 11.4 Å². The van der Waals surface area contributed by atoms with Crippen LogP contribution in [0, 0.1) is 5.92 Å². The first kappa shape index (κ1) is 17.8. The molecule has 0 radical (unpaired) electrons. The van der Waals surface area contributed by atoms with Gasteiger partial charge in [-0.2, -0.15) is 0 Å². The maximum Gasteiger partial charge on any atom is 0.255 e. The standard InChI is InChI=1S/C22H28N4O/c1-18-6-5-9-26(17-18)22(27)19-14-21(16-23-15-19)25-12-10-24(11-13-25)20-7-3-2-4-8-20/h2-4,7-8,14-16,18H,5-6,9-13,17H2,1H3. The van der Waals surface area contributed by atoms with E-state index in [1.807, 2.05) is 17.2 Å². The summed E-state index contributed by atoms with van der Waals surface area (Å²) in [5.41, 5.74) is 3.05. The first-order valence-electron chi connectivity index (χ1n) is 10.00. The van der Waals surface area contributed by atoms with E-state index in [4.69, 9.17) is 0 Å². The molecule has 1 amide bonds. The Bertz CT molecular complexity index is 771. The average Bonchev–Trinajstić information content (AvgIpc) is 2.74. The molecule has 2 fully saturated rings. The number of pyridine rings is 1. The van der Waals surface area contributed by atoms with Gasteiger partial charge in [0.05, 0.1) is 17.4 Å². The second-order valence-electron chi connectivity index (χ2n) is 7.74. The molecule has 2 aliphatic heterocycles. The number of rotatable bonds is 3. The number of para-hydroxylation sites is 1. The summed E-state index contributed by atoms with van der Waals surface area (Å²) in [6.07, 6.45) is 5.91. The van der Waals surface area contributed by atoms with Crippen molar-refractivity contribution in [3.8, 4) is 0 Å². The van der Waals surface area contributed by atoms with Crippen molar-refractivity contribution in [2.75, 3.05) is 49.1 Å². The van der Waals surface area contributed by atoms with Crippen molar-refractivity contribution in [2.24, 2.45) is 5.92 Å². The van der Waals surface area contributed by atoms with Crippen LogP contribution in [0.15, 0.2) is 48.8 Å². The molecule has 5 nitrogen and oxygen atoms in total. The number of benzene rings is 1. The largest absolute Gasteiger partial charge is 0.368 e. The molecule has 2 aromatic rings. The molecule has 2 aliphatic rings. The molecular formula is C22H28N4O. The average molecular weight is 364 g/mol. The number of carbonyl (C=O) groups is 1. The molecule has 1 atom stereocenters. The molecule has 1 aromatic heterocycles. The Balaban J connectivity index is 1.42. The van der Waals surface area contributed by atoms with Gasteiger partial charge in [0.25, 0.3) is 5.91 Å². The highest BCUT2D eigenvalue weighted by Crippen LogP contribution is 2.22. The Labute approximate surface area is 161 Å². The van der Waals surface area contributed by atoms with Gasteiger partial charge in [-0.3, -0.25) is 9.78 Å². The van der Waals surface area contributed by atoms with Gasteiger partial charge in [0.2, 0.25) is 0 Å². The topological polar surface area (TPSA) is 39.7 Å². The number of hydrogen-bond acceptors (Lipinski definition) is 4. The van der Waals surface area contributed by atoms with E-state index in [0.29, 0.717) is 11.5 Å². The number of aromatic nitrogens is 1. The molecule has 1 aromatic carbocycles. The smallest absolute Gasteiger partial charge is 0.255 e. The van der Waals surface area contributed by atoms with Crippen LogP contribution < -0.4 is 9.80 Å². The summed E-state index contributed by atoms with van der Waals surface area (Å²) in [6, 6.07) is 12.6. The molecule has 5 heteroatoms. The number of carbonyl (C=O) groups excluding carboxylic acids is 1. The number of amides is 1. The van der Waals surface area contributed by atoms with Crippen LogP contribution >= 0.6 is 0 Å². The molecule has 27 heavy (non-hydrogen) atoms. The highest BCUT2D eigenvalue weighted by molar-refractivity contribution is 5.94. The number of piperazine rings is 1. The number of piperidine rings is 1. The van der Waals surface area contributed by atoms with Gasteiger partial charge in [-0.05, 0) is 37.0 Å². The summed E-state index contributed by atoms with van der Waals surface area (Å²) < 4.78 is 0. The highest BCUT2D eigenvalue weighted by Gasteiger charge is 2.23. The van der Waals surface area contributed by atoms with Crippen LogP contribution in [0.1, 0.15) is 30.1 Å². The second kappa shape index (κ2) is 7.99. The molecule has 2 saturated heterocycles. The molecular weight excluding hydrogens is 336 g/mol. The number of anilines is 2. The van der Waals surface area contributed by atoms with Gasteiger partial charge < -0.3 is 14.7 Å². The maximum atomic E-state index is 12.9. The number of nitrogens with zero attached hydrogens (tertiary/aromatic N) is 4. The van der Waals surface area contributed by atoms with E-state index in [0.717, 1.165) is 51.4 Å². The quantitative estimate of drug-likeness (QED) is 0.838. The Morgan fingerprint density at radius 1 is 0.963 bits per heavy atom. The van der Waals surface area contributed by atoms with Crippen molar-refractivity contribution in [2.45, 2.75) is 19.8 Å². The van der Waals surface area contributed by atoms with Crippen molar-refractivity contribution in [3.05, 3.63) is 54.4 Å². The van der Waals surface area contributed by atoms with Gasteiger partial charge in [0.1, 0.15) is 0 Å². The SMILES string of the molecule is CC1CCCN(C(=O)c2cncc(N3CCN(c4ccccc4)CC3)c2)C1. The van der Waals surface area contributed by atoms with Crippen LogP contribution in [-0.2, 0) is 0 Å². The van der Waals surface area contributed by atoms with E-state index >= 15 is 0 Å². The van der Waals surface area contributed by atoms with Crippen molar-refractivity contribution in [1.82, 2.24) is 9.88 Å². The maximum absolute atomic E-state index is 12.9. The van der Waals surface area contributed by atoms with E-state index < -0.39 is 0 Å². The minimum Gasteiger partial charge on any atom is -0.368 e. The van der Waals surface area contributed by atoms with E-state index in [1.165, 1.54) is 12.1 Å². The summed E-state index contributed by atoms with van der Waals surface area (Å²) in [5, 5.41) is 0. The van der Waals surface area contributed by atoms with Gasteiger partial charge in [-0.1, -0.05) is 25.1 Å². The van der Waals surface area contributed by atoms with E-state index in [1.54, 1.807) is 6.20 Å². The summed E-state index contributed by atoms with van der Waals surface area (Å²) in [5.74, 6) is 0.712. The van der Waals surface area contributed by atoms with Crippen LogP contribution in [0.25, 0.3) is 0 Å². The lowest BCUT2D eigenvalue weighted by Gasteiger charge is -2.37. The molecule has 0 saturated carbocycles. The molecule has 142 valence electrons. The summed E-state index contributed by atoms with van der Waals surface area (Å²) in [7, 11) is 0. The predicted octanol–water partition coefficient (Wildman–Crippen LogP) is 3.28. The van der Waals surface area contributed by atoms with Gasteiger partial charge in [0.15, 0.2) is 0 Å². The molecule has 0 bridgehead atoms. The van der Waals surface area contributed by atoms with Gasteiger partial charge >= 0.3 is 0 Å². The van der Waals surface area contributed by atoms with Gasteiger partial charge in [-0.25, -0.2) is 0 Å². The van der Waals surface area contributed by atoms with Crippen molar-refractivity contribution >= 4 is 17.3 Å². The monoisotopic (exact) mass is 364 g/mol. The highest BCUT2D eigenvalue weighted by atomic mass is 16.2. The number of likely N-dealkylation sites (tertiary alicyclic amines) is 1. The van der Waals surface area contributed by atoms with Crippen molar-refractivity contribution in [1.29, 1.82) is 0 Å². The van der Waals surface area contributed by atoms with Crippen molar-refractivity contribution < 1.29 is 4.79 Å². The predicted molar refractivity (Wildman–Crippen MR) is 109 cm³/mol. The van der Waals surface area contributed by atoms with Crippen LogP contribution in [0.5, 0.6) is 0 Å². The Morgan fingerprint density at radius 3 is 2.37 bits per heavy atom. The molecule has 0 spiro atoms. The zero-order valence-corrected chi connectivity index (χ0v) is 16.1. The minimum absolute atomic E-state index is 0.124. The van der Waals surface area contributed by atoms with Gasteiger partial charge in [-0.15, -0.1) is 0 Å². The first-order valence-corrected chi connectivity index (χ1v) is 10.00. The van der Waals surface area contributed by atoms with Crippen LogP contribution in [-0.4, -0.2) is 55.1 Å². The fourth-order valence-electron chi connectivity index (χ4n) is 4.14. The molecule has 1 unspecified atom stereocenters. The molecule has 0 aliphatic carbocycles. The molecule has 4 rings (SSSR count). The number of hydrogen-bond donors (Lipinski definition) is 0. The van der Waals surface area contributed by atoms with E-state index in [-0.39, 0.29) is 5.91 Å². The Kier molecular flexibility index (Phi) is 5.28. The first-order chi connectivity index (χ1) is 13.2. The Morgan fingerprint density at radius 2 is 1.67 bits per heavy atom. The lowest BCUT2D eigenvalue weighted by molar-refractivity contribution is 0.0682. The zero-order chi connectivity index (χ0) is 18.6. The van der Waals surface area contributed by atoms with Crippen LogP contribution in [0.2, 0.25) is 0 Å². The van der Waals surface area contributed by atoms with Gasteiger partial charge in [0, 0.05) is 51.2 Å². The van der Waals surface area contributed by atoms with E-state index in [2.05, 4.69) is 52.0 Å². The third-order valence-corrected chi connectivity index (χ3v) is 5.68. The third kappa shape index (κ3) is 4.07. The zero-order valence-electron chi connectivity index (χ0n) is 16.1. The fraction of sp³-hybridized carbons (Fsp3) is 0.455. The summed E-state index contributed by atoms with van der Waals surface area (Å²) in [4.78, 5) is 24.0. The van der Waals surface area contributed by atoms with Crippen LogP contribution in [0.3, 0.4) is 0 Å². The fourth-order valence-corrected chi connectivity index (χ4v) is 4.14. The minimum atomic E-state index is 0.124. The Hall–Kier alpha value is -2.56. The summed E-state index contributed by atoms with van der Waals surface area (Å²) in [6.45, 7) is 7.78.